The van der Waals surface area contributed by atoms with Crippen LogP contribution in [0.25, 0.3) is 0 Å². The Labute approximate surface area is 143 Å². The summed E-state index contributed by atoms with van der Waals surface area (Å²) in [5.41, 5.74) is 1.37. The molecule has 25 heavy (non-hydrogen) atoms. The molecule has 1 aromatic heterocycles. The van der Waals surface area contributed by atoms with Crippen LogP contribution in [0.3, 0.4) is 0 Å². The van der Waals surface area contributed by atoms with Crippen molar-refractivity contribution in [3.05, 3.63) is 40.8 Å². The second kappa shape index (κ2) is 5.80. The average Bonchev–Trinajstić information content (AvgIpc) is 3.32. The van der Waals surface area contributed by atoms with Gasteiger partial charge in [0, 0.05) is 18.7 Å². The molecule has 0 saturated carbocycles. The maximum atomic E-state index is 12.9. The van der Waals surface area contributed by atoms with Crippen LogP contribution in [0.1, 0.15) is 38.6 Å². The maximum Gasteiger partial charge on any atom is 0.277 e. The molecule has 0 bridgehead atoms. The smallest absolute Gasteiger partial charge is 0.277 e. The van der Waals surface area contributed by atoms with Gasteiger partial charge in [0.25, 0.3) is 11.8 Å². The minimum atomic E-state index is -0.275. The quantitative estimate of drug-likeness (QED) is 0.828. The first-order chi connectivity index (χ1) is 12.1. The van der Waals surface area contributed by atoms with E-state index in [0.29, 0.717) is 53.6 Å². The number of nitrogens with zero attached hydrogens (tertiary/aromatic N) is 3. The van der Waals surface area contributed by atoms with Crippen LogP contribution in [-0.4, -0.2) is 46.9 Å². The van der Waals surface area contributed by atoms with E-state index in [0.717, 1.165) is 0 Å². The Bertz CT molecular complexity index is 840. The van der Waals surface area contributed by atoms with E-state index in [-0.39, 0.29) is 18.6 Å². The fourth-order valence-corrected chi connectivity index (χ4v) is 3.13. The summed E-state index contributed by atoms with van der Waals surface area (Å²) in [6, 6.07) is 5.01. The summed E-state index contributed by atoms with van der Waals surface area (Å²) in [4.78, 5) is 25.8. The van der Waals surface area contributed by atoms with Gasteiger partial charge in [-0.1, -0.05) is 5.16 Å². The topological polar surface area (TPSA) is 85.1 Å². The fourth-order valence-electron chi connectivity index (χ4n) is 3.13. The number of ether oxygens (including phenoxy) is 2. The largest absolute Gasteiger partial charge is 0.454 e. The van der Waals surface area contributed by atoms with Gasteiger partial charge in [-0.2, -0.15) is 0 Å². The van der Waals surface area contributed by atoms with Crippen molar-refractivity contribution in [1.82, 2.24) is 15.2 Å². The van der Waals surface area contributed by atoms with Crippen LogP contribution in [0, 0.1) is 13.8 Å². The first kappa shape index (κ1) is 15.5. The molecule has 2 amide bonds. The first-order valence-corrected chi connectivity index (χ1v) is 8.02. The van der Waals surface area contributed by atoms with Crippen molar-refractivity contribution in [2.24, 2.45) is 0 Å². The van der Waals surface area contributed by atoms with Gasteiger partial charge in [0.05, 0.1) is 5.69 Å². The summed E-state index contributed by atoms with van der Waals surface area (Å²) in [5, 5.41) is 6.74. The molecule has 4 rings (SSSR count). The number of carbonyl (C=O) groups is 2. The lowest BCUT2D eigenvalue weighted by Crippen LogP contribution is -2.45. The third-order valence-corrected chi connectivity index (χ3v) is 4.37. The Morgan fingerprint density at radius 2 is 1.76 bits per heavy atom. The number of hydrogen-bond donors (Lipinski definition) is 0. The number of hydrogen-bond acceptors (Lipinski definition) is 6. The lowest BCUT2D eigenvalue weighted by atomic mass is 10.2. The highest BCUT2D eigenvalue weighted by Crippen LogP contribution is 2.33. The van der Waals surface area contributed by atoms with Crippen LogP contribution in [-0.2, 0) is 0 Å². The molecule has 1 fully saturated rings. The molecule has 0 unspecified atom stereocenters. The average molecular weight is 343 g/mol. The van der Waals surface area contributed by atoms with Crippen LogP contribution >= 0.6 is 0 Å². The van der Waals surface area contributed by atoms with E-state index in [4.69, 9.17) is 14.0 Å². The molecule has 1 saturated heterocycles. The summed E-state index contributed by atoms with van der Waals surface area (Å²) in [6.07, 6.45) is 0.714. The molecular weight excluding hydrogens is 326 g/mol. The van der Waals surface area contributed by atoms with E-state index in [1.807, 2.05) is 0 Å². The molecule has 3 heterocycles. The number of rotatable bonds is 2. The summed E-state index contributed by atoms with van der Waals surface area (Å²) in [6.45, 7) is 4.49. The van der Waals surface area contributed by atoms with Gasteiger partial charge in [-0.3, -0.25) is 9.59 Å². The van der Waals surface area contributed by atoms with Crippen molar-refractivity contribution < 1.29 is 23.6 Å². The van der Waals surface area contributed by atoms with Gasteiger partial charge in [-0.05, 0) is 38.5 Å². The van der Waals surface area contributed by atoms with Gasteiger partial charge in [0.2, 0.25) is 6.79 Å². The minimum absolute atomic E-state index is 0.146. The zero-order valence-electron chi connectivity index (χ0n) is 13.9. The van der Waals surface area contributed by atoms with Crippen molar-refractivity contribution in [3.8, 4) is 11.5 Å². The molecule has 0 spiro atoms. The van der Waals surface area contributed by atoms with Crippen molar-refractivity contribution in [1.29, 1.82) is 0 Å². The van der Waals surface area contributed by atoms with Gasteiger partial charge < -0.3 is 14.0 Å². The molecule has 2 aromatic rings. The summed E-state index contributed by atoms with van der Waals surface area (Å²) < 4.78 is 15.7. The SMILES string of the molecule is Cc1noc(C)c1C(=O)N1CCCN1C(=O)c1ccc2c(c1)OCO2. The highest BCUT2D eigenvalue weighted by molar-refractivity contribution is 6.00. The van der Waals surface area contributed by atoms with Crippen LogP contribution < -0.4 is 9.47 Å². The molecule has 0 radical (unpaired) electrons. The van der Waals surface area contributed by atoms with E-state index < -0.39 is 0 Å². The number of fused-ring (bicyclic) bond motifs is 1. The Kier molecular flexibility index (Phi) is 3.60. The molecule has 2 aliphatic heterocycles. The van der Waals surface area contributed by atoms with Gasteiger partial charge in [0.15, 0.2) is 11.5 Å². The zero-order chi connectivity index (χ0) is 17.6. The summed E-state index contributed by atoms with van der Waals surface area (Å²) >= 11 is 0. The molecule has 0 N–H and O–H groups in total. The molecule has 2 aliphatic rings. The maximum absolute atomic E-state index is 12.9. The van der Waals surface area contributed by atoms with Crippen molar-refractivity contribution in [2.75, 3.05) is 19.9 Å². The minimum Gasteiger partial charge on any atom is -0.454 e. The van der Waals surface area contributed by atoms with E-state index in [9.17, 15) is 9.59 Å². The van der Waals surface area contributed by atoms with Gasteiger partial charge >= 0.3 is 0 Å². The highest BCUT2D eigenvalue weighted by Gasteiger charge is 2.34. The van der Waals surface area contributed by atoms with E-state index in [2.05, 4.69) is 5.16 Å². The molecular formula is C17H17N3O5. The van der Waals surface area contributed by atoms with Crippen LogP contribution in [0.15, 0.2) is 22.7 Å². The van der Waals surface area contributed by atoms with Gasteiger partial charge in [-0.15, -0.1) is 0 Å². The predicted octanol–water partition coefficient (Wildman–Crippen LogP) is 1.92. The van der Waals surface area contributed by atoms with E-state index in [1.54, 1.807) is 32.0 Å². The van der Waals surface area contributed by atoms with Crippen molar-refractivity contribution in [2.45, 2.75) is 20.3 Å². The molecule has 8 nitrogen and oxygen atoms in total. The normalized spacial score (nSPS) is 15.8. The molecule has 1 aromatic carbocycles. The second-order valence-corrected chi connectivity index (χ2v) is 5.98. The highest BCUT2D eigenvalue weighted by atomic mass is 16.7. The Hall–Kier alpha value is -3.03. The lowest BCUT2D eigenvalue weighted by Gasteiger charge is -2.27. The lowest BCUT2D eigenvalue weighted by molar-refractivity contribution is 0.0184. The Morgan fingerprint density at radius 3 is 2.48 bits per heavy atom. The number of amides is 2. The van der Waals surface area contributed by atoms with Crippen LogP contribution in [0.4, 0.5) is 0 Å². The summed E-state index contributed by atoms with van der Waals surface area (Å²) in [5.74, 6) is 1.07. The monoisotopic (exact) mass is 343 g/mol. The van der Waals surface area contributed by atoms with Crippen molar-refractivity contribution in [3.63, 3.8) is 0 Å². The first-order valence-electron chi connectivity index (χ1n) is 8.02. The van der Waals surface area contributed by atoms with Crippen LogP contribution in [0.5, 0.6) is 11.5 Å². The molecule has 8 heteroatoms. The van der Waals surface area contributed by atoms with Gasteiger partial charge in [-0.25, -0.2) is 10.0 Å². The number of hydrazine groups is 1. The van der Waals surface area contributed by atoms with E-state index >= 15 is 0 Å². The van der Waals surface area contributed by atoms with Gasteiger partial charge in [0.1, 0.15) is 11.3 Å². The van der Waals surface area contributed by atoms with Crippen molar-refractivity contribution >= 4 is 11.8 Å². The third-order valence-electron chi connectivity index (χ3n) is 4.37. The molecule has 0 aliphatic carbocycles. The Morgan fingerprint density at radius 1 is 1.04 bits per heavy atom. The fraction of sp³-hybridized carbons (Fsp3) is 0.353. The number of carbonyl (C=O) groups excluding carboxylic acids is 2. The standard InChI is InChI=1S/C17H17N3O5/c1-10-15(11(2)25-18-10)17(22)20-7-3-6-19(20)16(21)12-4-5-13-14(8-12)24-9-23-13/h4-5,8H,3,6-7,9H2,1-2H3. The molecule has 130 valence electrons. The molecule has 0 atom stereocenters. The summed E-state index contributed by atoms with van der Waals surface area (Å²) in [7, 11) is 0. The third kappa shape index (κ3) is 2.50. The number of aromatic nitrogens is 1. The number of aryl methyl sites for hydroxylation is 2. The zero-order valence-corrected chi connectivity index (χ0v) is 13.9. The Balaban J connectivity index is 1.61. The number of benzene rings is 1. The van der Waals surface area contributed by atoms with E-state index in [1.165, 1.54) is 10.0 Å². The second-order valence-electron chi connectivity index (χ2n) is 5.98. The predicted molar refractivity (Wildman–Crippen MR) is 85.2 cm³/mol. The van der Waals surface area contributed by atoms with Crippen LogP contribution in [0.2, 0.25) is 0 Å².